The Hall–Kier alpha value is -1.43. The first-order chi connectivity index (χ1) is 8.63. The highest BCUT2D eigenvalue weighted by Gasteiger charge is 2.33. The number of nitrogens with zero attached hydrogens (tertiary/aromatic N) is 2. The lowest BCUT2D eigenvalue weighted by molar-refractivity contribution is -0.125. The normalized spacial score (nSPS) is 27.7. The third kappa shape index (κ3) is 2.53. The van der Waals surface area contributed by atoms with Gasteiger partial charge >= 0.3 is 0 Å². The molecule has 2 atom stereocenters. The highest BCUT2D eigenvalue weighted by atomic mass is 16.2. The van der Waals surface area contributed by atoms with E-state index in [1.165, 1.54) is 0 Å². The molecule has 3 N–H and O–H groups in total. The van der Waals surface area contributed by atoms with Crippen LogP contribution in [-0.4, -0.2) is 42.1 Å². The van der Waals surface area contributed by atoms with E-state index in [-0.39, 0.29) is 17.9 Å². The van der Waals surface area contributed by atoms with Crippen molar-refractivity contribution < 1.29 is 9.59 Å². The quantitative estimate of drug-likeness (QED) is 0.731. The summed E-state index contributed by atoms with van der Waals surface area (Å²) < 4.78 is 0. The minimum absolute atomic E-state index is 0.0830. The van der Waals surface area contributed by atoms with Crippen LogP contribution in [0.4, 0.5) is 0 Å². The molecule has 1 aliphatic carbocycles. The Morgan fingerprint density at radius 2 is 2.28 bits per heavy atom. The SMILES string of the molecule is CN(C(=O)C1=NNC(=O)CC1)C1CCCC1CN. The van der Waals surface area contributed by atoms with E-state index >= 15 is 0 Å². The molecule has 1 aliphatic heterocycles. The van der Waals surface area contributed by atoms with Gasteiger partial charge in [0.2, 0.25) is 5.91 Å². The Labute approximate surface area is 107 Å². The maximum atomic E-state index is 12.3. The van der Waals surface area contributed by atoms with E-state index in [0.717, 1.165) is 19.3 Å². The zero-order valence-corrected chi connectivity index (χ0v) is 10.7. The topological polar surface area (TPSA) is 87.8 Å². The molecule has 0 radical (unpaired) electrons. The van der Waals surface area contributed by atoms with Crippen LogP contribution >= 0.6 is 0 Å². The zero-order valence-electron chi connectivity index (χ0n) is 10.7. The van der Waals surface area contributed by atoms with Gasteiger partial charge in [0.15, 0.2) is 0 Å². The molecule has 18 heavy (non-hydrogen) atoms. The van der Waals surface area contributed by atoms with Gasteiger partial charge < -0.3 is 10.6 Å². The lowest BCUT2D eigenvalue weighted by Gasteiger charge is -2.30. The van der Waals surface area contributed by atoms with E-state index in [1.807, 2.05) is 0 Å². The van der Waals surface area contributed by atoms with Crippen LogP contribution in [0, 0.1) is 5.92 Å². The standard InChI is InChI=1S/C12H20N4O2/c1-16(10-4-2-3-8(10)7-13)12(18)9-5-6-11(17)15-14-9/h8,10H,2-7,13H2,1H3,(H,15,17). The Bertz CT molecular complexity index is 380. The molecule has 1 saturated carbocycles. The van der Waals surface area contributed by atoms with Crippen molar-refractivity contribution in [3.63, 3.8) is 0 Å². The van der Waals surface area contributed by atoms with Crippen molar-refractivity contribution in [3.8, 4) is 0 Å². The van der Waals surface area contributed by atoms with E-state index in [2.05, 4.69) is 10.5 Å². The van der Waals surface area contributed by atoms with Crippen LogP contribution < -0.4 is 11.2 Å². The summed E-state index contributed by atoms with van der Waals surface area (Å²) in [7, 11) is 1.81. The number of nitrogens with one attached hydrogen (secondary N) is 1. The van der Waals surface area contributed by atoms with Crippen LogP contribution in [0.1, 0.15) is 32.1 Å². The van der Waals surface area contributed by atoms with Crippen LogP contribution in [0.2, 0.25) is 0 Å². The molecular formula is C12H20N4O2. The van der Waals surface area contributed by atoms with Crippen LogP contribution in [0.25, 0.3) is 0 Å². The van der Waals surface area contributed by atoms with E-state index in [4.69, 9.17) is 5.73 Å². The number of carbonyl (C=O) groups excluding carboxylic acids is 2. The molecule has 2 unspecified atom stereocenters. The number of hydrazone groups is 1. The molecule has 6 nitrogen and oxygen atoms in total. The second-order valence-corrected chi connectivity index (χ2v) is 5.00. The highest BCUT2D eigenvalue weighted by Crippen LogP contribution is 2.28. The third-order valence-corrected chi connectivity index (χ3v) is 3.89. The van der Waals surface area contributed by atoms with Gasteiger partial charge in [-0.05, 0) is 25.3 Å². The van der Waals surface area contributed by atoms with E-state index in [0.29, 0.717) is 31.0 Å². The van der Waals surface area contributed by atoms with Gasteiger partial charge in [0.05, 0.1) is 0 Å². The zero-order chi connectivity index (χ0) is 13.1. The summed E-state index contributed by atoms with van der Waals surface area (Å²) in [5, 5.41) is 3.85. The number of nitrogens with two attached hydrogens (primary N) is 1. The fraction of sp³-hybridized carbons (Fsp3) is 0.750. The van der Waals surface area contributed by atoms with Gasteiger partial charge in [-0.25, -0.2) is 5.43 Å². The van der Waals surface area contributed by atoms with Gasteiger partial charge in [0, 0.05) is 25.9 Å². The predicted molar refractivity (Wildman–Crippen MR) is 67.8 cm³/mol. The minimum atomic E-state index is -0.130. The molecule has 0 spiro atoms. The van der Waals surface area contributed by atoms with Crippen molar-refractivity contribution >= 4 is 17.5 Å². The smallest absolute Gasteiger partial charge is 0.270 e. The molecule has 0 aromatic heterocycles. The molecule has 2 amide bonds. The summed E-state index contributed by atoms with van der Waals surface area (Å²) in [4.78, 5) is 25.0. The summed E-state index contributed by atoms with van der Waals surface area (Å²) in [6.07, 6.45) is 3.97. The second-order valence-electron chi connectivity index (χ2n) is 5.00. The van der Waals surface area contributed by atoms with Crippen molar-refractivity contribution in [2.24, 2.45) is 16.8 Å². The van der Waals surface area contributed by atoms with Crippen LogP contribution in [0.15, 0.2) is 5.10 Å². The first-order valence-corrected chi connectivity index (χ1v) is 6.46. The largest absolute Gasteiger partial charge is 0.337 e. The van der Waals surface area contributed by atoms with Crippen molar-refractivity contribution in [2.45, 2.75) is 38.1 Å². The number of amides is 2. The average Bonchev–Trinajstić information content (AvgIpc) is 2.86. The van der Waals surface area contributed by atoms with Crippen molar-refractivity contribution in [2.75, 3.05) is 13.6 Å². The molecule has 0 aromatic carbocycles. The van der Waals surface area contributed by atoms with Crippen LogP contribution in [-0.2, 0) is 9.59 Å². The Balaban J connectivity index is 2.02. The Kier molecular flexibility index (Phi) is 3.96. The van der Waals surface area contributed by atoms with Gasteiger partial charge in [-0.2, -0.15) is 5.10 Å². The van der Waals surface area contributed by atoms with Crippen molar-refractivity contribution in [1.29, 1.82) is 0 Å². The minimum Gasteiger partial charge on any atom is -0.337 e. The fourth-order valence-corrected chi connectivity index (χ4v) is 2.78. The number of rotatable bonds is 3. The van der Waals surface area contributed by atoms with Gasteiger partial charge in [0.1, 0.15) is 5.71 Å². The fourth-order valence-electron chi connectivity index (χ4n) is 2.78. The van der Waals surface area contributed by atoms with E-state index < -0.39 is 0 Å². The predicted octanol–water partition coefficient (Wildman–Crippen LogP) is -0.162. The van der Waals surface area contributed by atoms with Crippen LogP contribution in [0.5, 0.6) is 0 Å². The summed E-state index contributed by atoms with van der Waals surface area (Å²) >= 11 is 0. The van der Waals surface area contributed by atoms with Crippen molar-refractivity contribution in [3.05, 3.63) is 0 Å². The van der Waals surface area contributed by atoms with Crippen LogP contribution in [0.3, 0.4) is 0 Å². The summed E-state index contributed by atoms with van der Waals surface area (Å²) in [5.74, 6) is 0.174. The second kappa shape index (κ2) is 5.48. The molecule has 0 bridgehead atoms. The van der Waals surface area contributed by atoms with E-state index in [9.17, 15) is 9.59 Å². The molecule has 2 aliphatic rings. The summed E-state index contributed by atoms with van der Waals surface area (Å²) in [6.45, 7) is 0.617. The number of hydrogen-bond acceptors (Lipinski definition) is 4. The molecular weight excluding hydrogens is 232 g/mol. The van der Waals surface area contributed by atoms with Gasteiger partial charge in [-0.1, -0.05) is 6.42 Å². The maximum Gasteiger partial charge on any atom is 0.270 e. The monoisotopic (exact) mass is 252 g/mol. The van der Waals surface area contributed by atoms with Gasteiger partial charge in [0.25, 0.3) is 5.91 Å². The van der Waals surface area contributed by atoms with Gasteiger partial charge in [-0.3, -0.25) is 9.59 Å². The summed E-state index contributed by atoms with van der Waals surface area (Å²) in [5.41, 5.74) is 8.54. The average molecular weight is 252 g/mol. The van der Waals surface area contributed by atoms with Crippen molar-refractivity contribution in [1.82, 2.24) is 10.3 Å². The Morgan fingerprint density at radius 1 is 1.50 bits per heavy atom. The highest BCUT2D eigenvalue weighted by molar-refractivity contribution is 6.39. The first-order valence-electron chi connectivity index (χ1n) is 6.46. The number of carbonyl (C=O) groups is 2. The van der Waals surface area contributed by atoms with E-state index in [1.54, 1.807) is 11.9 Å². The summed E-state index contributed by atoms with van der Waals surface area (Å²) in [6, 6.07) is 0.211. The maximum absolute atomic E-state index is 12.3. The number of hydrogen-bond donors (Lipinski definition) is 2. The molecule has 0 aromatic rings. The third-order valence-electron chi connectivity index (χ3n) is 3.89. The molecule has 1 heterocycles. The Morgan fingerprint density at radius 3 is 2.89 bits per heavy atom. The lowest BCUT2D eigenvalue weighted by Crippen LogP contribution is -2.46. The lowest BCUT2D eigenvalue weighted by atomic mass is 10.0. The molecule has 1 fully saturated rings. The van der Waals surface area contributed by atoms with Gasteiger partial charge in [-0.15, -0.1) is 0 Å². The molecule has 0 saturated heterocycles. The molecule has 2 rings (SSSR count). The molecule has 100 valence electrons. The first kappa shape index (κ1) is 13.0. The molecule has 6 heteroatoms.